The van der Waals surface area contributed by atoms with Crippen LogP contribution in [0.25, 0.3) is 11.0 Å². The predicted molar refractivity (Wildman–Crippen MR) is 138 cm³/mol. The summed E-state index contributed by atoms with van der Waals surface area (Å²) in [4.78, 5) is 12.4. The van der Waals surface area contributed by atoms with Crippen LogP contribution >= 0.6 is 11.5 Å². The molecule has 2 fully saturated rings. The summed E-state index contributed by atoms with van der Waals surface area (Å²) in [5, 5.41) is 17.0. The molecule has 34 heavy (non-hydrogen) atoms. The molecule has 9 heteroatoms. The Kier molecular flexibility index (Phi) is 7.26. The van der Waals surface area contributed by atoms with E-state index in [1.54, 1.807) is 0 Å². The minimum Gasteiger partial charge on any atom is -0.365 e. The zero-order valence-electron chi connectivity index (χ0n) is 20.0. The van der Waals surface area contributed by atoms with E-state index in [2.05, 4.69) is 36.7 Å². The van der Waals surface area contributed by atoms with Crippen LogP contribution < -0.4 is 10.6 Å². The minimum absolute atomic E-state index is 0.417. The van der Waals surface area contributed by atoms with E-state index in [4.69, 9.17) is 15.2 Å². The lowest BCUT2D eigenvalue weighted by atomic mass is 9.89. The van der Waals surface area contributed by atoms with Gasteiger partial charge in [0.2, 0.25) is 5.95 Å². The van der Waals surface area contributed by atoms with E-state index in [1.807, 2.05) is 19.1 Å². The lowest BCUT2D eigenvalue weighted by Gasteiger charge is -2.39. The first-order valence-corrected chi connectivity index (χ1v) is 13.4. The topological polar surface area (TPSA) is 94.7 Å². The van der Waals surface area contributed by atoms with Gasteiger partial charge in [0.1, 0.15) is 10.5 Å². The predicted octanol–water partition coefficient (Wildman–Crippen LogP) is 5.45. The van der Waals surface area contributed by atoms with Crippen LogP contribution in [0.1, 0.15) is 63.5 Å². The summed E-state index contributed by atoms with van der Waals surface area (Å²) >= 11 is 1.42. The molecule has 3 aromatic rings. The van der Waals surface area contributed by atoms with Crippen LogP contribution in [0.5, 0.6) is 0 Å². The first-order chi connectivity index (χ1) is 16.7. The molecule has 1 aliphatic carbocycles. The maximum Gasteiger partial charge on any atom is 0.230 e. The summed E-state index contributed by atoms with van der Waals surface area (Å²) < 4.78 is 6.55. The number of rotatable bonds is 8. The van der Waals surface area contributed by atoms with Gasteiger partial charge in [-0.15, -0.1) is 0 Å². The third-order valence-electron chi connectivity index (χ3n) is 7.11. The number of nitrogens with one attached hydrogen (secondary N) is 2. The van der Waals surface area contributed by atoms with Gasteiger partial charge in [0.25, 0.3) is 0 Å². The fraction of sp³-hybridized carbons (Fsp3) is 0.600. The van der Waals surface area contributed by atoms with E-state index in [0.29, 0.717) is 18.4 Å². The molecular weight excluding hydrogens is 444 g/mol. The molecule has 1 saturated carbocycles. The van der Waals surface area contributed by atoms with E-state index in [9.17, 15) is 0 Å². The van der Waals surface area contributed by atoms with Gasteiger partial charge in [-0.1, -0.05) is 6.42 Å². The molecule has 2 N–H and O–H groups in total. The number of anilines is 3. The Morgan fingerprint density at radius 2 is 1.97 bits per heavy atom. The molecular formula is C25H34N8S. The average Bonchev–Trinajstić information content (AvgIpc) is 3.46. The summed E-state index contributed by atoms with van der Waals surface area (Å²) in [5.41, 5.74) is 2.93. The Hall–Kier alpha value is -2.70. The van der Waals surface area contributed by atoms with Gasteiger partial charge in [-0.3, -0.25) is 0 Å². The van der Waals surface area contributed by atoms with Crippen molar-refractivity contribution >= 4 is 39.3 Å². The average molecular weight is 479 g/mol. The van der Waals surface area contributed by atoms with Gasteiger partial charge in [0.15, 0.2) is 5.82 Å². The van der Waals surface area contributed by atoms with Crippen LogP contribution in [0.2, 0.25) is 0 Å². The molecule has 0 radical (unpaired) electrons. The van der Waals surface area contributed by atoms with Gasteiger partial charge in [0.05, 0.1) is 17.3 Å². The van der Waals surface area contributed by atoms with Crippen molar-refractivity contribution in [1.82, 2.24) is 23.8 Å². The SMILES string of the molecule is Cc1cc(Nc2nc(NC3CCC(N4CCCCC4)CC3)c3c(ccn3CCCC#N)n2)sn1. The third kappa shape index (κ3) is 5.34. The monoisotopic (exact) mass is 478 g/mol. The summed E-state index contributed by atoms with van der Waals surface area (Å²) in [6.45, 7) is 5.33. The van der Waals surface area contributed by atoms with Crippen LogP contribution in [0.4, 0.5) is 16.8 Å². The number of unbranched alkanes of at least 4 members (excludes halogenated alkanes) is 1. The second kappa shape index (κ2) is 10.7. The zero-order valence-corrected chi connectivity index (χ0v) is 20.8. The number of fused-ring (bicyclic) bond motifs is 1. The number of hydrogen-bond donors (Lipinski definition) is 2. The van der Waals surface area contributed by atoms with Crippen LogP contribution in [0.15, 0.2) is 18.3 Å². The molecule has 5 rings (SSSR count). The van der Waals surface area contributed by atoms with Crippen molar-refractivity contribution < 1.29 is 0 Å². The lowest BCUT2D eigenvalue weighted by Crippen LogP contribution is -2.43. The minimum atomic E-state index is 0.417. The van der Waals surface area contributed by atoms with Gasteiger partial charge in [-0.2, -0.15) is 14.6 Å². The highest BCUT2D eigenvalue weighted by Gasteiger charge is 2.27. The molecule has 4 heterocycles. The van der Waals surface area contributed by atoms with Crippen LogP contribution in [-0.4, -0.2) is 49.0 Å². The van der Waals surface area contributed by atoms with Crippen LogP contribution in [-0.2, 0) is 6.54 Å². The molecule has 0 spiro atoms. The number of aryl methyl sites for hydroxylation is 2. The van der Waals surface area contributed by atoms with Crippen LogP contribution in [0.3, 0.4) is 0 Å². The van der Waals surface area contributed by atoms with Gasteiger partial charge in [-0.25, -0.2) is 4.98 Å². The molecule has 1 aliphatic heterocycles. The first kappa shape index (κ1) is 23.1. The summed E-state index contributed by atoms with van der Waals surface area (Å²) in [7, 11) is 0. The van der Waals surface area contributed by atoms with Gasteiger partial charge >= 0.3 is 0 Å². The Morgan fingerprint density at radius 1 is 1.15 bits per heavy atom. The van der Waals surface area contributed by atoms with Crippen molar-refractivity contribution in [2.75, 3.05) is 23.7 Å². The van der Waals surface area contributed by atoms with Gasteiger partial charge in [-0.05, 0) is 88.6 Å². The number of likely N-dealkylation sites (tertiary alicyclic amines) is 1. The molecule has 0 bridgehead atoms. The summed E-state index contributed by atoms with van der Waals surface area (Å²) in [6.07, 6.45) is 12.4. The van der Waals surface area contributed by atoms with E-state index in [1.165, 1.54) is 69.6 Å². The van der Waals surface area contributed by atoms with E-state index >= 15 is 0 Å². The number of hydrogen-bond acceptors (Lipinski definition) is 8. The van der Waals surface area contributed by atoms with Crippen molar-refractivity contribution in [3.8, 4) is 6.07 Å². The summed E-state index contributed by atoms with van der Waals surface area (Å²) in [5.74, 6) is 1.48. The fourth-order valence-electron chi connectivity index (χ4n) is 5.37. The number of piperidine rings is 1. The number of nitrogens with zero attached hydrogens (tertiary/aromatic N) is 6. The van der Waals surface area contributed by atoms with Crippen molar-refractivity contribution in [1.29, 1.82) is 5.26 Å². The Labute approximate surface area is 205 Å². The number of aromatic nitrogens is 4. The third-order valence-corrected chi connectivity index (χ3v) is 7.90. The van der Waals surface area contributed by atoms with Crippen molar-refractivity contribution in [2.24, 2.45) is 0 Å². The molecule has 8 nitrogen and oxygen atoms in total. The fourth-order valence-corrected chi connectivity index (χ4v) is 6.03. The van der Waals surface area contributed by atoms with E-state index in [-0.39, 0.29) is 0 Å². The second-order valence-corrected chi connectivity index (χ2v) is 10.4. The highest BCUT2D eigenvalue weighted by atomic mass is 32.1. The highest BCUT2D eigenvalue weighted by molar-refractivity contribution is 7.10. The Morgan fingerprint density at radius 3 is 2.71 bits per heavy atom. The molecule has 2 aliphatic rings. The normalized spacial score (nSPS) is 21.4. The molecule has 0 unspecified atom stereocenters. The molecule has 1 saturated heterocycles. The molecule has 0 amide bonds. The zero-order chi connectivity index (χ0) is 23.3. The molecule has 0 atom stereocenters. The summed E-state index contributed by atoms with van der Waals surface area (Å²) in [6, 6.07) is 7.47. The lowest BCUT2D eigenvalue weighted by molar-refractivity contribution is 0.127. The maximum atomic E-state index is 8.96. The Bertz CT molecular complexity index is 1130. The standard InChI is InChI=1S/C25H34N8S/c1-18-17-22(34-31-18)29-25-28-21-11-16-33(15-6-3-12-26)23(21)24(30-25)27-19-7-9-20(10-8-19)32-13-4-2-5-14-32/h11,16-17,19-20H,2-10,13-15H2,1H3,(H2,27,28,29,30). The Balaban J connectivity index is 1.35. The quantitative estimate of drug-likeness (QED) is 0.416. The first-order valence-electron chi connectivity index (χ1n) is 12.6. The van der Waals surface area contributed by atoms with Crippen molar-refractivity contribution in [3.05, 3.63) is 24.0 Å². The molecule has 0 aromatic carbocycles. The molecule has 180 valence electrons. The van der Waals surface area contributed by atoms with Crippen LogP contribution in [0, 0.1) is 18.3 Å². The number of nitriles is 1. The van der Waals surface area contributed by atoms with Crippen molar-refractivity contribution in [3.63, 3.8) is 0 Å². The van der Waals surface area contributed by atoms with Gasteiger partial charge < -0.3 is 20.1 Å². The smallest absolute Gasteiger partial charge is 0.230 e. The van der Waals surface area contributed by atoms with E-state index < -0.39 is 0 Å². The second-order valence-electron chi connectivity index (χ2n) is 9.60. The molecule has 3 aromatic heterocycles. The van der Waals surface area contributed by atoms with Crippen molar-refractivity contribution in [2.45, 2.75) is 83.3 Å². The largest absolute Gasteiger partial charge is 0.365 e. The van der Waals surface area contributed by atoms with Gasteiger partial charge in [0, 0.05) is 31.2 Å². The maximum absolute atomic E-state index is 8.96. The highest BCUT2D eigenvalue weighted by Crippen LogP contribution is 2.31. The van der Waals surface area contributed by atoms with E-state index in [0.717, 1.165) is 46.6 Å².